The van der Waals surface area contributed by atoms with Crippen LogP contribution in [0.15, 0.2) is 36.5 Å². The fraction of sp³-hybridized carbons (Fsp3) is 0.308. The number of benzene rings is 2. The minimum absolute atomic E-state index is 0.132. The largest absolute Gasteiger partial charge is 0.493 e. The van der Waals surface area contributed by atoms with E-state index in [1.807, 2.05) is 54.1 Å². The van der Waals surface area contributed by atoms with Crippen molar-refractivity contribution in [1.29, 1.82) is 0 Å². The van der Waals surface area contributed by atoms with Crippen molar-refractivity contribution >= 4 is 34.9 Å². The number of hydrogen-bond acceptors (Lipinski definition) is 6. The number of rotatable bonds is 10. The second kappa shape index (κ2) is 11.3. The van der Waals surface area contributed by atoms with Gasteiger partial charge in [-0.3, -0.25) is 9.59 Å². The van der Waals surface area contributed by atoms with Crippen LogP contribution in [0.25, 0.3) is 23.1 Å². The summed E-state index contributed by atoms with van der Waals surface area (Å²) in [4.78, 5) is 24.3. The summed E-state index contributed by atoms with van der Waals surface area (Å²) >= 11 is 0. The van der Waals surface area contributed by atoms with Crippen LogP contribution in [0.4, 0.5) is 0 Å². The van der Waals surface area contributed by atoms with Gasteiger partial charge < -0.3 is 28.8 Å². The van der Waals surface area contributed by atoms with Crippen LogP contribution in [0.1, 0.15) is 34.8 Å². The summed E-state index contributed by atoms with van der Waals surface area (Å²) in [6.07, 6.45) is 5.81. The van der Waals surface area contributed by atoms with Crippen molar-refractivity contribution in [2.45, 2.75) is 13.3 Å². The van der Waals surface area contributed by atoms with Crippen LogP contribution in [-0.4, -0.2) is 50.9 Å². The first-order valence-corrected chi connectivity index (χ1v) is 10.9. The van der Waals surface area contributed by atoms with E-state index in [9.17, 15) is 9.59 Å². The van der Waals surface area contributed by atoms with Gasteiger partial charge in [-0.25, -0.2) is 0 Å². The van der Waals surface area contributed by atoms with Gasteiger partial charge in [-0.1, -0.05) is 18.2 Å². The molecule has 0 saturated carbocycles. The van der Waals surface area contributed by atoms with Crippen molar-refractivity contribution < 1.29 is 28.5 Å². The van der Waals surface area contributed by atoms with Gasteiger partial charge in [-0.2, -0.15) is 0 Å². The Bertz CT molecular complexity index is 1190. The third kappa shape index (κ3) is 5.51. The highest BCUT2D eigenvalue weighted by Crippen LogP contribution is 2.38. The fourth-order valence-corrected chi connectivity index (χ4v) is 3.69. The number of nitrogens with one attached hydrogen (secondary N) is 1. The van der Waals surface area contributed by atoms with Crippen LogP contribution in [-0.2, 0) is 16.6 Å². The Morgan fingerprint density at radius 2 is 1.65 bits per heavy atom. The summed E-state index contributed by atoms with van der Waals surface area (Å²) in [7, 11) is 6.61. The number of fused-ring (bicyclic) bond motifs is 1. The number of esters is 1. The molecule has 0 fully saturated rings. The highest BCUT2D eigenvalue weighted by atomic mass is 16.5. The first-order valence-electron chi connectivity index (χ1n) is 10.9. The van der Waals surface area contributed by atoms with E-state index in [1.54, 1.807) is 34.4 Å². The molecule has 34 heavy (non-hydrogen) atoms. The molecule has 8 heteroatoms. The van der Waals surface area contributed by atoms with Crippen molar-refractivity contribution in [2.24, 2.45) is 7.05 Å². The van der Waals surface area contributed by atoms with Gasteiger partial charge in [0.1, 0.15) is 0 Å². The number of methoxy groups -OCH3 is 3. The molecule has 0 radical (unpaired) electrons. The molecule has 1 heterocycles. The zero-order valence-electron chi connectivity index (χ0n) is 20.1. The minimum atomic E-state index is -0.333. The van der Waals surface area contributed by atoms with E-state index in [0.717, 1.165) is 22.0 Å². The summed E-state index contributed by atoms with van der Waals surface area (Å²) in [6, 6.07) is 9.64. The smallest absolute Gasteiger partial charge is 0.307 e. The van der Waals surface area contributed by atoms with Gasteiger partial charge in [0.05, 0.1) is 39.9 Å². The Hall–Kier alpha value is -3.94. The predicted molar refractivity (Wildman–Crippen MR) is 132 cm³/mol. The van der Waals surface area contributed by atoms with Crippen molar-refractivity contribution in [1.82, 2.24) is 9.88 Å². The Morgan fingerprint density at radius 3 is 2.26 bits per heavy atom. The molecular weight excluding hydrogens is 436 g/mol. The number of aromatic nitrogens is 1. The number of hydrogen-bond donors (Lipinski definition) is 1. The van der Waals surface area contributed by atoms with E-state index in [2.05, 4.69) is 5.32 Å². The Labute approximate surface area is 199 Å². The number of carbonyl (C=O) groups is 2. The summed E-state index contributed by atoms with van der Waals surface area (Å²) in [5, 5.41) is 3.62. The summed E-state index contributed by atoms with van der Waals surface area (Å²) < 4.78 is 23.0. The highest BCUT2D eigenvalue weighted by molar-refractivity contribution is 6.07. The van der Waals surface area contributed by atoms with E-state index < -0.39 is 0 Å². The summed E-state index contributed by atoms with van der Waals surface area (Å²) in [6.45, 7) is 2.29. The molecular formula is C26H30N2O6. The molecule has 1 N–H and O–H groups in total. The van der Waals surface area contributed by atoms with Crippen LogP contribution in [0, 0.1) is 0 Å². The zero-order chi connectivity index (χ0) is 24.7. The normalized spacial score (nSPS) is 11.0. The van der Waals surface area contributed by atoms with Crippen molar-refractivity contribution in [3.63, 3.8) is 0 Å². The molecule has 0 bridgehead atoms. The molecule has 1 aromatic heterocycles. The number of carbonyl (C=O) groups excluding carboxylic acids is 2. The van der Waals surface area contributed by atoms with E-state index in [4.69, 9.17) is 18.9 Å². The highest BCUT2D eigenvalue weighted by Gasteiger charge is 2.15. The second-order valence-corrected chi connectivity index (χ2v) is 7.53. The van der Waals surface area contributed by atoms with Crippen LogP contribution < -0.4 is 19.5 Å². The maximum atomic E-state index is 12.8. The van der Waals surface area contributed by atoms with Gasteiger partial charge in [-0.15, -0.1) is 0 Å². The third-order valence-electron chi connectivity index (χ3n) is 5.33. The average Bonchev–Trinajstić information content (AvgIpc) is 3.17. The van der Waals surface area contributed by atoms with Crippen molar-refractivity contribution in [3.05, 3.63) is 53.2 Å². The maximum absolute atomic E-state index is 12.8. The Kier molecular flexibility index (Phi) is 8.19. The predicted octanol–water partition coefficient (Wildman–Crippen LogP) is 4.06. The van der Waals surface area contributed by atoms with Crippen LogP contribution >= 0.6 is 0 Å². The molecule has 180 valence electrons. The van der Waals surface area contributed by atoms with Gasteiger partial charge >= 0.3 is 5.97 Å². The van der Waals surface area contributed by atoms with E-state index >= 15 is 0 Å². The first-order chi connectivity index (χ1) is 16.4. The first kappa shape index (κ1) is 24.7. The summed E-state index contributed by atoms with van der Waals surface area (Å²) in [5.41, 5.74) is 3.28. The van der Waals surface area contributed by atoms with E-state index in [1.165, 1.54) is 0 Å². The Balaban J connectivity index is 1.84. The molecule has 0 atom stereocenters. The van der Waals surface area contributed by atoms with Crippen molar-refractivity contribution in [2.75, 3.05) is 34.5 Å². The van der Waals surface area contributed by atoms with Gasteiger partial charge in [0.25, 0.3) is 5.91 Å². The average molecular weight is 467 g/mol. The lowest BCUT2D eigenvalue weighted by Crippen LogP contribution is -2.26. The number of nitrogens with zero attached hydrogens (tertiary/aromatic N) is 1. The number of amides is 1. The lowest BCUT2D eigenvalue weighted by Gasteiger charge is -2.12. The van der Waals surface area contributed by atoms with Crippen LogP contribution in [0.5, 0.6) is 17.2 Å². The SMILES string of the molecule is CCOC(=O)CCNC(=O)c1cn(C)c2ccc(/C=C\c3cc(OC)c(OC)c(OC)c3)cc12. The standard InChI is InChI=1S/C26H30N2O6/c1-6-34-24(29)11-12-27-26(30)20-16-28(2)21-10-9-17(13-19(20)21)7-8-18-14-22(31-3)25(33-5)23(15-18)32-4/h7-10,13-16H,6,11-12H2,1-5H3,(H,27,30)/b8-7-. The number of ether oxygens (including phenoxy) is 4. The van der Waals surface area contributed by atoms with E-state index in [-0.39, 0.29) is 24.8 Å². The molecule has 0 saturated heterocycles. The maximum Gasteiger partial charge on any atom is 0.307 e. The molecule has 3 aromatic rings. The van der Waals surface area contributed by atoms with E-state index in [0.29, 0.717) is 29.4 Å². The topological polar surface area (TPSA) is 88.0 Å². The molecule has 0 aliphatic rings. The van der Waals surface area contributed by atoms with Crippen LogP contribution in [0.2, 0.25) is 0 Å². The van der Waals surface area contributed by atoms with Gasteiger partial charge in [0.2, 0.25) is 5.75 Å². The zero-order valence-corrected chi connectivity index (χ0v) is 20.1. The monoisotopic (exact) mass is 466 g/mol. The summed E-state index contributed by atoms with van der Waals surface area (Å²) in [5.74, 6) is 1.11. The third-order valence-corrected chi connectivity index (χ3v) is 5.33. The fourth-order valence-electron chi connectivity index (χ4n) is 3.69. The van der Waals surface area contributed by atoms with Gasteiger partial charge in [0, 0.05) is 30.7 Å². The molecule has 8 nitrogen and oxygen atoms in total. The minimum Gasteiger partial charge on any atom is -0.493 e. The second-order valence-electron chi connectivity index (χ2n) is 7.53. The van der Waals surface area contributed by atoms with Gasteiger partial charge in [-0.05, 0) is 42.3 Å². The lowest BCUT2D eigenvalue weighted by molar-refractivity contribution is -0.142. The molecule has 0 spiro atoms. The molecule has 2 aromatic carbocycles. The van der Waals surface area contributed by atoms with Crippen molar-refractivity contribution in [3.8, 4) is 17.2 Å². The molecule has 0 unspecified atom stereocenters. The van der Waals surface area contributed by atoms with Gasteiger partial charge in [0.15, 0.2) is 11.5 Å². The lowest BCUT2D eigenvalue weighted by atomic mass is 10.1. The quantitative estimate of drug-likeness (QED) is 0.358. The van der Waals surface area contributed by atoms with Crippen LogP contribution in [0.3, 0.4) is 0 Å². The number of aryl methyl sites for hydroxylation is 1. The molecule has 1 amide bonds. The Morgan fingerprint density at radius 1 is 0.971 bits per heavy atom. The molecule has 0 aliphatic heterocycles. The molecule has 0 aliphatic carbocycles. The molecule has 3 rings (SSSR count).